The minimum atomic E-state index is 0.526. The molecule has 0 aliphatic heterocycles. The molecule has 0 bridgehead atoms. The van der Waals surface area contributed by atoms with Crippen LogP contribution in [0.5, 0.6) is 0 Å². The Morgan fingerprint density at radius 2 is 1.88 bits per heavy atom. The molecule has 0 N–H and O–H groups in total. The second-order valence-electron chi connectivity index (χ2n) is 4.02. The van der Waals surface area contributed by atoms with E-state index in [1.54, 1.807) is 0 Å². The highest BCUT2D eigenvalue weighted by Gasteiger charge is 2.08. The molecule has 0 spiro atoms. The van der Waals surface area contributed by atoms with E-state index >= 15 is 0 Å². The van der Waals surface area contributed by atoms with E-state index < -0.39 is 0 Å². The van der Waals surface area contributed by atoms with Crippen molar-refractivity contribution >= 4 is 22.5 Å². The van der Waals surface area contributed by atoms with Crippen LogP contribution < -0.4 is 0 Å². The van der Waals surface area contributed by atoms with Gasteiger partial charge in [-0.25, -0.2) is 4.98 Å². The Morgan fingerprint density at radius 1 is 1.12 bits per heavy atom. The zero-order chi connectivity index (χ0) is 11.8. The number of hydrogen-bond acceptors (Lipinski definition) is 1. The number of halogens is 1. The summed E-state index contributed by atoms with van der Waals surface area (Å²) in [7, 11) is 2.04. The van der Waals surface area contributed by atoms with E-state index in [0.29, 0.717) is 5.15 Å². The van der Waals surface area contributed by atoms with Crippen LogP contribution in [0.25, 0.3) is 22.2 Å². The van der Waals surface area contributed by atoms with Crippen LogP contribution in [0.4, 0.5) is 0 Å². The van der Waals surface area contributed by atoms with Crippen molar-refractivity contribution in [2.75, 3.05) is 0 Å². The van der Waals surface area contributed by atoms with Crippen LogP contribution in [0.3, 0.4) is 0 Å². The molecule has 17 heavy (non-hydrogen) atoms. The third-order valence-corrected chi connectivity index (χ3v) is 3.17. The Morgan fingerprint density at radius 3 is 2.65 bits per heavy atom. The van der Waals surface area contributed by atoms with E-state index in [0.717, 1.165) is 10.9 Å². The Balaban J connectivity index is 2.28. The van der Waals surface area contributed by atoms with Gasteiger partial charge in [0.1, 0.15) is 5.15 Å². The summed E-state index contributed by atoms with van der Waals surface area (Å²) in [4.78, 5) is 4.11. The minimum Gasteiger partial charge on any atom is -0.343 e. The highest BCUT2D eigenvalue weighted by molar-refractivity contribution is 6.30. The number of aromatic nitrogens is 2. The van der Waals surface area contributed by atoms with Crippen LogP contribution >= 0.6 is 11.6 Å². The molecule has 0 aliphatic carbocycles. The normalized spacial score (nSPS) is 10.9. The van der Waals surface area contributed by atoms with Crippen LogP contribution in [0.15, 0.2) is 48.7 Å². The lowest BCUT2D eigenvalue weighted by Crippen LogP contribution is -1.90. The first-order valence-electron chi connectivity index (χ1n) is 5.42. The van der Waals surface area contributed by atoms with Crippen molar-refractivity contribution in [1.29, 1.82) is 0 Å². The number of hydrogen-bond donors (Lipinski definition) is 0. The molecule has 0 saturated heterocycles. The van der Waals surface area contributed by atoms with Gasteiger partial charge in [-0.3, -0.25) is 0 Å². The Kier molecular flexibility index (Phi) is 2.37. The number of rotatable bonds is 1. The SMILES string of the molecule is Cn1c(-c2ccccc2)cc2cnc(Cl)cc21. The van der Waals surface area contributed by atoms with Crippen molar-refractivity contribution in [2.24, 2.45) is 7.05 Å². The molecule has 84 valence electrons. The van der Waals surface area contributed by atoms with Gasteiger partial charge in [-0.2, -0.15) is 0 Å². The van der Waals surface area contributed by atoms with E-state index in [4.69, 9.17) is 11.6 Å². The van der Waals surface area contributed by atoms with Crippen molar-refractivity contribution in [2.45, 2.75) is 0 Å². The van der Waals surface area contributed by atoms with Gasteiger partial charge in [-0.1, -0.05) is 41.9 Å². The van der Waals surface area contributed by atoms with Gasteiger partial charge in [-0.05, 0) is 17.7 Å². The zero-order valence-electron chi connectivity index (χ0n) is 9.39. The van der Waals surface area contributed by atoms with Crippen molar-refractivity contribution in [3.8, 4) is 11.3 Å². The van der Waals surface area contributed by atoms with Gasteiger partial charge >= 0.3 is 0 Å². The molecule has 2 nitrogen and oxygen atoms in total. The van der Waals surface area contributed by atoms with Gasteiger partial charge in [0.25, 0.3) is 0 Å². The zero-order valence-corrected chi connectivity index (χ0v) is 10.1. The van der Waals surface area contributed by atoms with Crippen LogP contribution in [0.1, 0.15) is 0 Å². The number of benzene rings is 1. The summed E-state index contributed by atoms with van der Waals surface area (Å²) in [5, 5.41) is 1.63. The smallest absolute Gasteiger partial charge is 0.131 e. The summed E-state index contributed by atoms with van der Waals surface area (Å²) in [5.74, 6) is 0. The van der Waals surface area contributed by atoms with Crippen LogP contribution in [-0.2, 0) is 7.05 Å². The third kappa shape index (κ3) is 1.71. The molecule has 3 aromatic rings. The highest BCUT2D eigenvalue weighted by atomic mass is 35.5. The molecule has 2 heterocycles. The lowest BCUT2D eigenvalue weighted by atomic mass is 10.1. The number of aryl methyl sites for hydroxylation is 1. The fraction of sp³-hybridized carbons (Fsp3) is 0.0714. The topological polar surface area (TPSA) is 17.8 Å². The minimum absolute atomic E-state index is 0.526. The molecule has 0 atom stereocenters. The summed E-state index contributed by atoms with van der Waals surface area (Å²) in [6, 6.07) is 14.3. The molecular weight excluding hydrogens is 232 g/mol. The molecule has 0 fully saturated rings. The monoisotopic (exact) mass is 242 g/mol. The highest BCUT2D eigenvalue weighted by Crippen LogP contribution is 2.27. The van der Waals surface area contributed by atoms with Crippen LogP contribution in [0, 0.1) is 0 Å². The van der Waals surface area contributed by atoms with Crippen molar-refractivity contribution in [3.63, 3.8) is 0 Å². The quantitative estimate of drug-likeness (QED) is 0.592. The van der Waals surface area contributed by atoms with Gasteiger partial charge in [0, 0.05) is 24.3 Å². The van der Waals surface area contributed by atoms with Crippen molar-refractivity contribution in [1.82, 2.24) is 9.55 Å². The summed E-state index contributed by atoms with van der Waals surface area (Å²) in [5.41, 5.74) is 3.47. The van der Waals surface area contributed by atoms with E-state index in [1.165, 1.54) is 11.3 Å². The Labute approximate surface area is 104 Å². The first-order chi connectivity index (χ1) is 8.25. The van der Waals surface area contributed by atoms with Gasteiger partial charge in [0.05, 0.1) is 5.52 Å². The van der Waals surface area contributed by atoms with E-state index in [-0.39, 0.29) is 0 Å². The van der Waals surface area contributed by atoms with E-state index in [1.807, 2.05) is 37.5 Å². The first kappa shape index (κ1) is 10.4. The van der Waals surface area contributed by atoms with E-state index in [2.05, 4.69) is 27.8 Å². The largest absolute Gasteiger partial charge is 0.343 e. The molecule has 0 radical (unpaired) electrons. The molecule has 0 saturated carbocycles. The molecule has 0 amide bonds. The summed E-state index contributed by atoms with van der Waals surface area (Å²) < 4.78 is 2.14. The molecule has 0 unspecified atom stereocenters. The lowest BCUT2D eigenvalue weighted by molar-refractivity contribution is 0.977. The summed E-state index contributed by atoms with van der Waals surface area (Å²) in [6.45, 7) is 0. The lowest BCUT2D eigenvalue weighted by Gasteiger charge is -2.03. The van der Waals surface area contributed by atoms with Gasteiger partial charge in [0.2, 0.25) is 0 Å². The molecule has 3 heteroatoms. The number of pyridine rings is 1. The number of fused-ring (bicyclic) bond motifs is 1. The van der Waals surface area contributed by atoms with Gasteiger partial charge in [0.15, 0.2) is 0 Å². The number of nitrogens with zero attached hydrogens (tertiary/aromatic N) is 2. The maximum atomic E-state index is 5.92. The predicted molar refractivity (Wildman–Crippen MR) is 71.2 cm³/mol. The molecule has 0 aliphatic rings. The van der Waals surface area contributed by atoms with Crippen molar-refractivity contribution in [3.05, 3.63) is 53.8 Å². The summed E-state index contributed by atoms with van der Waals surface area (Å²) >= 11 is 5.92. The molecule has 1 aromatic carbocycles. The Hall–Kier alpha value is -1.80. The second kappa shape index (κ2) is 3.90. The Bertz CT molecular complexity index is 671. The maximum Gasteiger partial charge on any atom is 0.131 e. The van der Waals surface area contributed by atoms with Crippen molar-refractivity contribution < 1.29 is 0 Å². The maximum absolute atomic E-state index is 5.92. The predicted octanol–water partition coefficient (Wildman–Crippen LogP) is 3.89. The first-order valence-corrected chi connectivity index (χ1v) is 5.80. The standard InChI is InChI=1S/C14H11ClN2/c1-17-12(10-5-3-2-4-6-10)7-11-9-16-14(15)8-13(11)17/h2-9H,1H3. The molecule has 3 rings (SSSR count). The fourth-order valence-corrected chi connectivity index (χ4v) is 2.24. The summed E-state index contributed by atoms with van der Waals surface area (Å²) in [6.07, 6.45) is 1.81. The van der Waals surface area contributed by atoms with Gasteiger partial charge in [-0.15, -0.1) is 0 Å². The fourth-order valence-electron chi connectivity index (χ4n) is 2.09. The average molecular weight is 243 g/mol. The second-order valence-corrected chi connectivity index (χ2v) is 4.41. The van der Waals surface area contributed by atoms with Crippen LogP contribution in [0.2, 0.25) is 5.15 Å². The third-order valence-electron chi connectivity index (χ3n) is 2.96. The van der Waals surface area contributed by atoms with Crippen LogP contribution in [-0.4, -0.2) is 9.55 Å². The molecular formula is C14H11ClN2. The molecule has 2 aromatic heterocycles. The van der Waals surface area contributed by atoms with Gasteiger partial charge < -0.3 is 4.57 Å². The van der Waals surface area contributed by atoms with E-state index in [9.17, 15) is 0 Å². The average Bonchev–Trinajstić information content (AvgIpc) is 2.68.